The quantitative estimate of drug-likeness (QED) is 0.701. The summed E-state index contributed by atoms with van der Waals surface area (Å²) < 4.78 is 45.3. The Hall–Kier alpha value is -0.830. The number of nitrogens with zero attached hydrogens (tertiary/aromatic N) is 2. The Balaban J connectivity index is 1.88. The highest BCUT2D eigenvalue weighted by Crippen LogP contribution is 2.32. The fourth-order valence-electron chi connectivity index (χ4n) is 3.21. The summed E-state index contributed by atoms with van der Waals surface area (Å²) in [5.41, 5.74) is 0. The molecule has 2 aliphatic heterocycles. The minimum atomic E-state index is -3.04. The summed E-state index contributed by atoms with van der Waals surface area (Å²) in [6, 6.07) is -0.304. The maximum absolute atomic E-state index is 12.4. The van der Waals surface area contributed by atoms with Gasteiger partial charge in [-0.3, -0.25) is 0 Å². The first-order valence-corrected chi connectivity index (χ1v) is 11.4. The van der Waals surface area contributed by atoms with E-state index < -0.39 is 19.7 Å². The van der Waals surface area contributed by atoms with Crippen molar-refractivity contribution in [2.45, 2.75) is 25.9 Å². The molecule has 4 atom stereocenters. The second-order valence-corrected chi connectivity index (χ2v) is 11.1. The highest BCUT2D eigenvalue weighted by atomic mass is 32.2. The second kappa shape index (κ2) is 5.67. The molecule has 2 amide bonds. The molecule has 0 radical (unpaired) electrons. The van der Waals surface area contributed by atoms with Crippen LogP contribution in [-0.2, 0) is 19.7 Å². The lowest BCUT2D eigenvalue weighted by molar-refractivity contribution is 0.00423. The lowest BCUT2D eigenvalue weighted by Gasteiger charge is -2.53. The zero-order valence-electron chi connectivity index (χ0n) is 13.4. The van der Waals surface area contributed by atoms with Gasteiger partial charge in [-0.2, -0.15) is 0 Å². The number of hydrogen-bond donors (Lipinski definition) is 0. The molecule has 22 heavy (non-hydrogen) atoms. The van der Waals surface area contributed by atoms with Crippen LogP contribution >= 0.6 is 0 Å². The first-order chi connectivity index (χ1) is 9.89. The Morgan fingerprint density at radius 2 is 1.18 bits per heavy atom. The number of carbonyl (C=O) groups excluding carboxylic acids is 1. The van der Waals surface area contributed by atoms with Crippen molar-refractivity contribution in [3.63, 3.8) is 0 Å². The molecule has 2 rings (SSSR count). The van der Waals surface area contributed by atoms with Crippen molar-refractivity contribution in [2.75, 3.05) is 37.1 Å². The van der Waals surface area contributed by atoms with E-state index in [2.05, 4.69) is 0 Å². The molecule has 0 aliphatic carbocycles. The van der Waals surface area contributed by atoms with E-state index in [-0.39, 0.29) is 41.5 Å². The summed E-state index contributed by atoms with van der Waals surface area (Å²) in [5, 5.41) is 0. The lowest BCUT2D eigenvalue weighted by atomic mass is 9.89. The third-order valence-electron chi connectivity index (χ3n) is 4.74. The van der Waals surface area contributed by atoms with Crippen LogP contribution in [0.5, 0.6) is 0 Å². The molecule has 2 heterocycles. The fraction of sp³-hybridized carbons (Fsp3) is 0.923. The van der Waals surface area contributed by atoms with Crippen LogP contribution in [0.15, 0.2) is 0 Å². The molecular formula is C13H24N2O5S2. The van der Waals surface area contributed by atoms with E-state index in [0.29, 0.717) is 13.1 Å². The normalized spacial score (nSPS) is 32.4. The third kappa shape index (κ3) is 3.73. The predicted octanol–water partition coefficient (Wildman–Crippen LogP) is -0.164. The van der Waals surface area contributed by atoms with E-state index in [0.717, 1.165) is 0 Å². The zero-order chi connectivity index (χ0) is 16.9. The summed E-state index contributed by atoms with van der Waals surface area (Å²) in [6.45, 7) is 4.62. The number of amides is 2. The number of carbonyl (C=O) groups is 1. The maximum atomic E-state index is 12.4. The standard InChI is InChI=1S/C13H24N2O5S2/c1-9-11(7-21(3,17)18)5-14(9)13(16)15-6-12(10(15)2)8-22(4,19)20/h9-12H,5-8H2,1-4H3/t9-,10-,11+,12+/m0/s1. The van der Waals surface area contributed by atoms with Crippen molar-refractivity contribution in [3.8, 4) is 0 Å². The highest BCUT2D eigenvalue weighted by Gasteiger charge is 2.47. The topological polar surface area (TPSA) is 91.8 Å². The van der Waals surface area contributed by atoms with Gasteiger partial charge in [0.15, 0.2) is 0 Å². The highest BCUT2D eigenvalue weighted by molar-refractivity contribution is 7.90. The predicted molar refractivity (Wildman–Crippen MR) is 84.1 cm³/mol. The minimum absolute atomic E-state index is 0.0117. The molecule has 0 aromatic carbocycles. The molecule has 128 valence electrons. The molecular weight excluding hydrogens is 328 g/mol. The smallest absolute Gasteiger partial charge is 0.320 e. The van der Waals surface area contributed by atoms with Gasteiger partial charge < -0.3 is 9.80 Å². The largest absolute Gasteiger partial charge is 0.321 e. The van der Waals surface area contributed by atoms with Crippen LogP contribution in [0.3, 0.4) is 0 Å². The number of likely N-dealkylation sites (tertiary alicyclic amines) is 2. The van der Waals surface area contributed by atoms with Crippen LogP contribution in [0.1, 0.15) is 13.8 Å². The van der Waals surface area contributed by atoms with Gasteiger partial charge in [-0.25, -0.2) is 21.6 Å². The molecule has 0 spiro atoms. The Labute approximate surface area is 132 Å². The first-order valence-electron chi connectivity index (χ1n) is 7.32. The Morgan fingerprint density at radius 3 is 1.41 bits per heavy atom. The minimum Gasteiger partial charge on any atom is -0.321 e. The Kier molecular flexibility index (Phi) is 4.51. The van der Waals surface area contributed by atoms with E-state index in [4.69, 9.17) is 0 Å². The van der Waals surface area contributed by atoms with Crippen LogP contribution < -0.4 is 0 Å². The van der Waals surface area contributed by atoms with E-state index in [1.807, 2.05) is 13.8 Å². The van der Waals surface area contributed by atoms with E-state index in [1.54, 1.807) is 9.80 Å². The van der Waals surface area contributed by atoms with Gasteiger partial charge in [0.1, 0.15) is 19.7 Å². The second-order valence-electron chi connectivity index (χ2n) is 6.77. The van der Waals surface area contributed by atoms with Crippen molar-refractivity contribution >= 4 is 25.7 Å². The van der Waals surface area contributed by atoms with Gasteiger partial charge in [-0.1, -0.05) is 0 Å². The molecule has 0 aromatic rings. The Bertz CT molecular complexity index is 602. The van der Waals surface area contributed by atoms with Crippen LogP contribution in [0.25, 0.3) is 0 Å². The van der Waals surface area contributed by atoms with E-state index >= 15 is 0 Å². The van der Waals surface area contributed by atoms with Crippen molar-refractivity contribution in [3.05, 3.63) is 0 Å². The number of urea groups is 1. The molecule has 2 fully saturated rings. The Morgan fingerprint density at radius 1 is 0.864 bits per heavy atom. The summed E-state index contributed by atoms with van der Waals surface area (Å²) in [7, 11) is -6.07. The molecule has 7 nitrogen and oxygen atoms in total. The summed E-state index contributed by atoms with van der Waals surface area (Å²) in [5.74, 6) is 0.179. The van der Waals surface area contributed by atoms with Crippen molar-refractivity contribution in [2.24, 2.45) is 11.8 Å². The SMILES string of the molecule is C[C@H]1[C@@H](CS(C)(=O)=O)CN1C(=O)N1C[C@H](CS(C)(=O)=O)[C@@H]1C. The maximum Gasteiger partial charge on any atom is 0.320 e. The van der Waals surface area contributed by atoms with Gasteiger partial charge in [-0.15, -0.1) is 0 Å². The lowest BCUT2D eigenvalue weighted by Crippen LogP contribution is -2.68. The molecule has 0 unspecified atom stereocenters. The van der Waals surface area contributed by atoms with Crippen LogP contribution in [0.2, 0.25) is 0 Å². The molecule has 9 heteroatoms. The van der Waals surface area contributed by atoms with Crippen molar-refractivity contribution in [1.29, 1.82) is 0 Å². The van der Waals surface area contributed by atoms with Crippen molar-refractivity contribution in [1.82, 2.24) is 9.80 Å². The average Bonchev–Trinajstić information content (AvgIpc) is 2.35. The van der Waals surface area contributed by atoms with Crippen LogP contribution in [0.4, 0.5) is 4.79 Å². The molecule has 0 aromatic heterocycles. The van der Waals surface area contributed by atoms with Crippen LogP contribution in [0, 0.1) is 11.8 Å². The van der Waals surface area contributed by atoms with Gasteiger partial charge >= 0.3 is 6.03 Å². The molecule has 2 aliphatic rings. The summed E-state index contributed by atoms with van der Waals surface area (Å²) in [6.07, 6.45) is 2.41. The molecule has 2 saturated heterocycles. The average molecular weight is 352 g/mol. The monoisotopic (exact) mass is 352 g/mol. The summed E-state index contributed by atoms with van der Waals surface area (Å²) >= 11 is 0. The number of rotatable bonds is 4. The fourth-order valence-corrected chi connectivity index (χ4v) is 5.53. The van der Waals surface area contributed by atoms with Gasteiger partial charge in [0.25, 0.3) is 0 Å². The van der Waals surface area contributed by atoms with Gasteiger partial charge in [-0.05, 0) is 13.8 Å². The third-order valence-corrected chi connectivity index (χ3v) is 6.80. The first kappa shape index (κ1) is 17.5. The molecule has 0 N–H and O–H groups in total. The zero-order valence-corrected chi connectivity index (χ0v) is 15.0. The molecule has 0 bridgehead atoms. The van der Waals surface area contributed by atoms with Crippen LogP contribution in [-0.4, -0.2) is 81.9 Å². The van der Waals surface area contributed by atoms with Gasteiger partial charge in [0.05, 0.1) is 11.5 Å². The van der Waals surface area contributed by atoms with Crippen molar-refractivity contribution < 1.29 is 21.6 Å². The van der Waals surface area contributed by atoms with E-state index in [9.17, 15) is 21.6 Å². The van der Waals surface area contributed by atoms with Gasteiger partial charge in [0, 0.05) is 49.5 Å². The van der Waals surface area contributed by atoms with Gasteiger partial charge in [0.2, 0.25) is 0 Å². The summed E-state index contributed by atoms with van der Waals surface area (Å²) in [4.78, 5) is 15.7. The number of sulfone groups is 2. The van der Waals surface area contributed by atoms with E-state index in [1.165, 1.54) is 12.5 Å². The molecule has 0 saturated carbocycles. The number of hydrogen-bond acceptors (Lipinski definition) is 5.